The van der Waals surface area contributed by atoms with Gasteiger partial charge in [0.2, 0.25) is 0 Å². The summed E-state index contributed by atoms with van der Waals surface area (Å²) in [7, 11) is 0. The van der Waals surface area contributed by atoms with Crippen LogP contribution in [0.15, 0.2) is 6.20 Å². The van der Waals surface area contributed by atoms with Gasteiger partial charge in [0.05, 0.1) is 11.9 Å². The lowest BCUT2D eigenvalue weighted by Crippen LogP contribution is -3.11. The van der Waals surface area contributed by atoms with Gasteiger partial charge in [-0.15, -0.1) is 0 Å². The van der Waals surface area contributed by atoms with Crippen LogP contribution in [0.4, 0.5) is 0 Å². The molecule has 1 heterocycles. The molecule has 1 aromatic heterocycles. The number of aromatic nitrogens is 3. The van der Waals surface area contributed by atoms with Crippen molar-refractivity contribution in [1.82, 2.24) is 15.4 Å². The van der Waals surface area contributed by atoms with Crippen LogP contribution in [0.5, 0.6) is 0 Å². The summed E-state index contributed by atoms with van der Waals surface area (Å²) in [5.74, 6) is 7.23. The summed E-state index contributed by atoms with van der Waals surface area (Å²) < 4.78 is 0. The molecule has 82 valence electrons. The maximum Gasteiger partial charge on any atom is 0.0895 e. The molecule has 1 N–H and O–H groups in total. The van der Waals surface area contributed by atoms with Gasteiger partial charge in [-0.05, 0) is 46.8 Å². The molecule has 3 nitrogen and oxygen atoms in total. The average molecular weight is 213 g/mol. The summed E-state index contributed by atoms with van der Waals surface area (Å²) in [6.45, 7) is 4.90. The lowest BCUT2D eigenvalue weighted by Gasteiger charge is -3.12. The third-order valence-corrected chi connectivity index (χ3v) is 7.57. The molecule has 1 aromatic rings. The van der Waals surface area contributed by atoms with E-state index in [9.17, 15) is 0 Å². The highest BCUT2D eigenvalue weighted by atomic mass is 15.3. The van der Waals surface area contributed by atoms with Crippen molar-refractivity contribution in [2.45, 2.75) is 19.3 Å². The van der Waals surface area contributed by atoms with Gasteiger partial charge in [-0.25, -0.2) is 0 Å². The molecule has 0 spiro atoms. The number of H-pyrrole nitrogens is 1. The zero-order valence-electron chi connectivity index (χ0n) is 9.51. The fraction of sp³-hybridized carbons (Fsp3) is 0.846. The lowest BCUT2D eigenvalue weighted by molar-refractivity contribution is -0.638. The van der Waals surface area contributed by atoms with E-state index in [0.29, 0.717) is 5.41 Å². The molecule has 6 fully saturated rings. The predicted molar refractivity (Wildman–Crippen MR) is 56.3 cm³/mol. The van der Waals surface area contributed by atoms with Gasteiger partial charge in [-0.2, -0.15) is 15.4 Å². The van der Waals surface area contributed by atoms with Crippen molar-refractivity contribution in [2.75, 3.05) is 0 Å². The quantitative estimate of drug-likeness (QED) is 0.808. The van der Waals surface area contributed by atoms with Gasteiger partial charge < -0.3 is 0 Å². The van der Waals surface area contributed by atoms with E-state index in [4.69, 9.17) is 0 Å². The van der Waals surface area contributed by atoms with Gasteiger partial charge in [0.25, 0.3) is 0 Å². The molecule has 6 saturated carbocycles. The minimum absolute atomic E-state index is 0.545. The van der Waals surface area contributed by atoms with Gasteiger partial charge in [-0.1, -0.05) is 13.8 Å². The van der Waals surface area contributed by atoms with Crippen molar-refractivity contribution in [3.63, 3.8) is 0 Å². The number of rotatable bonds is 2. The molecular formula is C13H15N3. The summed E-state index contributed by atoms with van der Waals surface area (Å²) in [5, 5.41) is 11.2. The van der Waals surface area contributed by atoms with Crippen LogP contribution in [0, 0.1) is 46.8 Å². The van der Waals surface area contributed by atoms with Gasteiger partial charge in [-0.3, -0.25) is 0 Å². The number of nitrogens with zero attached hydrogens (tertiary/aromatic N) is 2. The van der Waals surface area contributed by atoms with Crippen molar-refractivity contribution < 1.29 is 0 Å². The molecule has 0 aromatic carbocycles. The lowest BCUT2D eigenvalue weighted by atomic mass is 8.91. The number of aromatic amines is 1. The van der Waals surface area contributed by atoms with E-state index in [0.717, 1.165) is 46.8 Å². The molecule has 0 saturated heterocycles. The largest absolute Gasteiger partial charge is 0.198 e. The number of nitrogens with one attached hydrogen (secondary N) is 1. The van der Waals surface area contributed by atoms with Crippen molar-refractivity contribution >= 4 is 0 Å². The topological polar surface area (TPSA) is 41.6 Å². The smallest absolute Gasteiger partial charge is 0.0895 e. The number of hydrogen-bond donors (Lipinski definition) is 1. The summed E-state index contributed by atoms with van der Waals surface area (Å²) >= 11 is 0. The van der Waals surface area contributed by atoms with E-state index in [2.05, 4.69) is 29.3 Å². The molecule has 0 bridgehead atoms. The van der Waals surface area contributed by atoms with E-state index in [1.165, 1.54) is 5.69 Å². The van der Waals surface area contributed by atoms with E-state index < -0.39 is 0 Å². The summed E-state index contributed by atoms with van der Waals surface area (Å²) in [5.41, 5.74) is 2.67. The Kier molecular flexibility index (Phi) is 0.743. The third-order valence-electron chi connectivity index (χ3n) is 7.57. The van der Waals surface area contributed by atoms with Crippen LogP contribution in [-0.4, -0.2) is 15.4 Å². The second-order valence-corrected chi connectivity index (χ2v) is 7.10. The van der Waals surface area contributed by atoms with Crippen molar-refractivity contribution in [3.05, 3.63) is 11.9 Å². The Hall–Kier alpha value is -0.860. The van der Waals surface area contributed by atoms with Crippen molar-refractivity contribution in [1.29, 1.82) is 0 Å². The molecule has 0 aliphatic heterocycles. The Morgan fingerprint density at radius 3 is 2.19 bits per heavy atom. The van der Waals surface area contributed by atoms with Crippen molar-refractivity contribution in [3.8, 4) is 0 Å². The standard InChI is InChI=1S/C13H15N3/c1-4(2)12-6-9-7(12)11-8(12)10(6)13(9,11)5-3-14-16-15-5/h3-4,6-11H,1-2H3,(H,14,15,16). The zero-order valence-corrected chi connectivity index (χ0v) is 9.51. The second kappa shape index (κ2) is 1.59. The first kappa shape index (κ1) is 7.46. The minimum atomic E-state index is 0.545. The molecule has 6 aliphatic carbocycles. The third kappa shape index (κ3) is 0.317. The zero-order chi connectivity index (χ0) is 10.4. The summed E-state index contributed by atoms with van der Waals surface area (Å²) in [4.78, 5) is 0. The fourth-order valence-corrected chi connectivity index (χ4v) is 7.69. The highest BCUT2D eigenvalue weighted by Crippen LogP contribution is 3.10. The molecule has 7 rings (SSSR count). The highest BCUT2D eigenvalue weighted by Gasteiger charge is 3.10. The first-order valence-corrected chi connectivity index (χ1v) is 6.64. The van der Waals surface area contributed by atoms with E-state index in [1.807, 2.05) is 6.20 Å². The molecular weight excluding hydrogens is 198 g/mol. The van der Waals surface area contributed by atoms with Crippen LogP contribution in [0.25, 0.3) is 0 Å². The Bertz CT molecular complexity index is 476. The van der Waals surface area contributed by atoms with Gasteiger partial charge >= 0.3 is 0 Å². The van der Waals surface area contributed by atoms with Crippen LogP contribution < -0.4 is 0 Å². The molecule has 16 heavy (non-hydrogen) atoms. The highest BCUT2D eigenvalue weighted by molar-refractivity contribution is 5.61. The SMILES string of the molecule is CC(C)C12C3C4C1C1C2C3C41c1cn[nH]n1. The maximum atomic E-state index is 4.39. The van der Waals surface area contributed by atoms with Gasteiger partial charge in [0, 0.05) is 5.41 Å². The van der Waals surface area contributed by atoms with Crippen LogP contribution >= 0.6 is 0 Å². The molecule has 0 amide bonds. The molecule has 0 radical (unpaired) electrons. The minimum Gasteiger partial charge on any atom is -0.198 e. The second-order valence-electron chi connectivity index (χ2n) is 7.10. The molecule has 3 heteroatoms. The summed E-state index contributed by atoms with van der Waals surface area (Å²) in [6.07, 6.45) is 1.99. The molecule has 0 atom stereocenters. The fourth-order valence-electron chi connectivity index (χ4n) is 7.69. The first-order chi connectivity index (χ1) is 7.78. The van der Waals surface area contributed by atoms with E-state index in [-0.39, 0.29) is 0 Å². The van der Waals surface area contributed by atoms with Crippen LogP contribution in [-0.2, 0) is 5.41 Å². The normalized spacial score (nSPS) is 69.7. The Morgan fingerprint density at radius 1 is 1.12 bits per heavy atom. The molecule has 6 aliphatic rings. The van der Waals surface area contributed by atoms with Crippen LogP contribution in [0.1, 0.15) is 19.5 Å². The van der Waals surface area contributed by atoms with Crippen LogP contribution in [0.2, 0.25) is 0 Å². The van der Waals surface area contributed by atoms with E-state index in [1.54, 1.807) is 0 Å². The van der Waals surface area contributed by atoms with Crippen molar-refractivity contribution in [2.24, 2.45) is 46.8 Å². The Morgan fingerprint density at radius 2 is 1.75 bits per heavy atom. The van der Waals surface area contributed by atoms with Gasteiger partial charge in [0.15, 0.2) is 0 Å². The van der Waals surface area contributed by atoms with E-state index >= 15 is 0 Å². The Labute approximate surface area is 94.0 Å². The number of hydrogen-bond acceptors (Lipinski definition) is 2. The molecule has 0 unspecified atom stereocenters. The average Bonchev–Trinajstić information content (AvgIpc) is 2.81. The maximum absolute atomic E-state index is 4.39. The van der Waals surface area contributed by atoms with Crippen LogP contribution in [0.3, 0.4) is 0 Å². The summed E-state index contributed by atoms with van der Waals surface area (Å²) in [6, 6.07) is 0. The Balaban J connectivity index is 1.50. The predicted octanol–water partition coefficient (Wildman–Crippen LogP) is 1.45. The van der Waals surface area contributed by atoms with Gasteiger partial charge in [0.1, 0.15) is 0 Å². The monoisotopic (exact) mass is 213 g/mol. The first-order valence-electron chi connectivity index (χ1n) is 6.64.